The molecular formula is C19H22N6O4S. The molecule has 0 spiro atoms. The average molecular weight is 430 g/mol. The van der Waals surface area contributed by atoms with Crippen LogP contribution >= 0.6 is 11.3 Å². The van der Waals surface area contributed by atoms with Gasteiger partial charge in [0.2, 0.25) is 23.5 Å². The fourth-order valence-corrected chi connectivity index (χ4v) is 3.85. The number of nitrogens with one attached hydrogen (secondary N) is 1. The molecule has 3 aromatic heterocycles. The van der Waals surface area contributed by atoms with Crippen LogP contribution in [0.15, 0.2) is 32.6 Å². The maximum absolute atomic E-state index is 12.5. The number of nitrogens with zero attached hydrogens (tertiary/aromatic N) is 5. The first-order valence-electron chi connectivity index (χ1n) is 9.66. The Hall–Kier alpha value is -3.05. The minimum atomic E-state index is -0.152. The fourth-order valence-electron chi connectivity index (χ4n) is 3.20. The summed E-state index contributed by atoms with van der Waals surface area (Å²) >= 11 is 1.54. The molecule has 1 fully saturated rings. The molecule has 1 saturated heterocycles. The highest BCUT2D eigenvalue weighted by Gasteiger charge is 2.23. The van der Waals surface area contributed by atoms with Crippen molar-refractivity contribution in [2.45, 2.75) is 19.8 Å². The van der Waals surface area contributed by atoms with Gasteiger partial charge in [-0.3, -0.25) is 14.5 Å². The molecule has 158 valence electrons. The number of carbonyl (C=O) groups excluding carboxylic acids is 2. The molecule has 3 aromatic rings. The number of thiophene rings is 1. The number of carbonyl (C=O) groups is 2. The smallest absolute Gasteiger partial charge is 0.239 e. The average Bonchev–Trinajstić information content (AvgIpc) is 3.48. The summed E-state index contributed by atoms with van der Waals surface area (Å²) in [6.45, 7) is 4.46. The molecule has 0 unspecified atom stereocenters. The molecule has 4 heterocycles. The second-order valence-corrected chi connectivity index (χ2v) is 7.96. The Balaban J connectivity index is 1.18. The molecule has 1 aliphatic heterocycles. The van der Waals surface area contributed by atoms with E-state index in [-0.39, 0.29) is 18.4 Å². The summed E-state index contributed by atoms with van der Waals surface area (Å²) < 4.78 is 10.2. The van der Waals surface area contributed by atoms with Crippen molar-refractivity contribution in [1.82, 2.24) is 25.1 Å². The molecule has 0 aliphatic carbocycles. The molecule has 1 N–H and O–H groups in total. The lowest BCUT2D eigenvalue weighted by Gasteiger charge is -2.34. The van der Waals surface area contributed by atoms with Gasteiger partial charge in [0.25, 0.3) is 0 Å². The molecule has 4 rings (SSSR count). The summed E-state index contributed by atoms with van der Waals surface area (Å²) in [5.41, 5.74) is 0. The van der Waals surface area contributed by atoms with Gasteiger partial charge in [0.05, 0.1) is 11.4 Å². The van der Waals surface area contributed by atoms with Gasteiger partial charge in [-0.15, -0.1) is 11.3 Å². The summed E-state index contributed by atoms with van der Waals surface area (Å²) in [5, 5.41) is 12.4. The normalized spacial score (nSPS) is 14.8. The Morgan fingerprint density at radius 3 is 2.73 bits per heavy atom. The number of piperazine rings is 1. The van der Waals surface area contributed by atoms with Crippen molar-refractivity contribution in [2.24, 2.45) is 0 Å². The molecule has 0 aromatic carbocycles. The zero-order chi connectivity index (χ0) is 20.9. The van der Waals surface area contributed by atoms with Crippen LogP contribution in [0.5, 0.6) is 0 Å². The minimum Gasteiger partial charge on any atom is -0.360 e. The molecule has 30 heavy (non-hydrogen) atoms. The molecule has 2 amide bonds. The monoisotopic (exact) mass is 430 g/mol. The van der Waals surface area contributed by atoms with Crippen LogP contribution in [0.3, 0.4) is 0 Å². The largest absolute Gasteiger partial charge is 0.360 e. The lowest BCUT2D eigenvalue weighted by atomic mass is 10.2. The Bertz CT molecular complexity index is 991. The van der Waals surface area contributed by atoms with Crippen LogP contribution in [0.2, 0.25) is 0 Å². The molecule has 0 saturated carbocycles. The zero-order valence-electron chi connectivity index (χ0n) is 16.5. The van der Waals surface area contributed by atoms with E-state index >= 15 is 0 Å². The van der Waals surface area contributed by atoms with Gasteiger partial charge in [0, 0.05) is 45.1 Å². The first kappa shape index (κ1) is 20.2. The van der Waals surface area contributed by atoms with E-state index < -0.39 is 0 Å². The number of hydrogen-bond acceptors (Lipinski definition) is 9. The molecular weight excluding hydrogens is 408 g/mol. The predicted octanol–water partition coefficient (Wildman–Crippen LogP) is 1.81. The van der Waals surface area contributed by atoms with E-state index in [2.05, 4.69) is 20.6 Å². The van der Waals surface area contributed by atoms with Crippen LogP contribution in [0.4, 0.5) is 5.82 Å². The van der Waals surface area contributed by atoms with Gasteiger partial charge in [-0.25, -0.2) is 0 Å². The standard InChI is InChI=1S/C19H22N6O4S/c1-13-11-15(22-28-13)20-16(26)12-24-6-8-25(9-7-24)18(27)5-4-17-21-19(23-29-17)14-3-2-10-30-14/h2-3,10-11H,4-9,12H2,1H3,(H,20,22,26). The topological polar surface area (TPSA) is 118 Å². The maximum Gasteiger partial charge on any atom is 0.239 e. The highest BCUT2D eigenvalue weighted by Crippen LogP contribution is 2.21. The van der Waals surface area contributed by atoms with E-state index in [1.165, 1.54) is 0 Å². The Morgan fingerprint density at radius 2 is 2.03 bits per heavy atom. The number of amides is 2. The molecule has 1 aliphatic rings. The van der Waals surface area contributed by atoms with Gasteiger partial charge >= 0.3 is 0 Å². The second kappa shape index (κ2) is 9.18. The van der Waals surface area contributed by atoms with Crippen LogP contribution in [0.25, 0.3) is 10.7 Å². The van der Waals surface area contributed by atoms with Gasteiger partial charge in [-0.05, 0) is 18.4 Å². The minimum absolute atomic E-state index is 0.0491. The zero-order valence-corrected chi connectivity index (χ0v) is 17.4. The molecule has 0 radical (unpaired) electrons. The van der Waals surface area contributed by atoms with Crippen LogP contribution in [-0.4, -0.2) is 69.6 Å². The lowest BCUT2D eigenvalue weighted by Crippen LogP contribution is -2.50. The first-order chi connectivity index (χ1) is 14.6. The van der Waals surface area contributed by atoms with Crippen molar-refractivity contribution in [2.75, 3.05) is 38.0 Å². The fraction of sp³-hybridized carbons (Fsp3) is 0.421. The van der Waals surface area contributed by atoms with Crippen molar-refractivity contribution < 1.29 is 18.6 Å². The van der Waals surface area contributed by atoms with Gasteiger partial charge in [0.1, 0.15) is 5.76 Å². The van der Waals surface area contributed by atoms with Crippen LogP contribution in [0.1, 0.15) is 18.1 Å². The Kier molecular flexibility index (Phi) is 6.19. The van der Waals surface area contributed by atoms with Crippen LogP contribution < -0.4 is 5.32 Å². The van der Waals surface area contributed by atoms with Crippen molar-refractivity contribution in [1.29, 1.82) is 0 Å². The molecule has 0 bridgehead atoms. The maximum atomic E-state index is 12.5. The van der Waals surface area contributed by atoms with Gasteiger partial charge in [-0.1, -0.05) is 16.4 Å². The van der Waals surface area contributed by atoms with E-state index in [4.69, 9.17) is 9.05 Å². The number of aromatic nitrogens is 3. The Labute approximate surface area is 176 Å². The van der Waals surface area contributed by atoms with Crippen LogP contribution in [-0.2, 0) is 16.0 Å². The number of rotatable bonds is 7. The van der Waals surface area contributed by atoms with Crippen molar-refractivity contribution in [3.8, 4) is 10.7 Å². The summed E-state index contributed by atoms with van der Waals surface area (Å²) in [4.78, 5) is 33.7. The van der Waals surface area contributed by atoms with Crippen molar-refractivity contribution in [3.05, 3.63) is 35.2 Å². The van der Waals surface area contributed by atoms with Crippen molar-refractivity contribution >= 4 is 29.0 Å². The van der Waals surface area contributed by atoms with Gasteiger partial charge in [-0.2, -0.15) is 4.98 Å². The third-order valence-electron chi connectivity index (χ3n) is 4.75. The highest BCUT2D eigenvalue weighted by atomic mass is 32.1. The van der Waals surface area contributed by atoms with E-state index in [0.717, 1.165) is 4.88 Å². The quantitative estimate of drug-likeness (QED) is 0.603. The predicted molar refractivity (Wildman–Crippen MR) is 109 cm³/mol. The first-order valence-corrected chi connectivity index (χ1v) is 10.5. The van der Waals surface area contributed by atoms with E-state index in [9.17, 15) is 9.59 Å². The number of aryl methyl sites for hydroxylation is 2. The van der Waals surface area contributed by atoms with E-state index in [1.807, 2.05) is 27.3 Å². The Morgan fingerprint density at radius 1 is 1.20 bits per heavy atom. The third kappa shape index (κ3) is 5.10. The summed E-state index contributed by atoms with van der Waals surface area (Å²) in [7, 11) is 0. The van der Waals surface area contributed by atoms with Crippen molar-refractivity contribution in [3.63, 3.8) is 0 Å². The lowest BCUT2D eigenvalue weighted by molar-refractivity contribution is -0.133. The molecule has 0 atom stereocenters. The second-order valence-electron chi connectivity index (χ2n) is 7.02. The summed E-state index contributed by atoms with van der Waals surface area (Å²) in [6.07, 6.45) is 0.731. The summed E-state index contributed by atoms with van der Waals surface area (Å²) in [6, 6.07) is 5.52. The highest BCUT2D eigenvalue weighted by molar-refractivity contribution is 7.13. The van der Waals surface area contributed by atoms with E-state index in [1.54, 1.807) is 24.3 Å². The number of anilines is 1. The van der Waals surface area contributed by atoms with Gasteiger partial charge in [0.15, 0.2) is 5.82 Å². The number of hydrogen-bond donors (Lipinski definition) is 1. The molecule has 10 nitrogen and oxygen atoms in total. The summed E-state index contributed by atoms with van der Waals surface area (Å²) in [5.74, 6) is 1.97. The van der Waals surface area contributed by atoms with Gasteiger partial charge < -0.3 is 19.3 Å². The van der Waals surface area contributed by atoms with E-state index in [0.29, 0.717) is 62.3 Å². The van der Waals surface area contributed by atoms with Crippen LogP contribution in [0, 0.1) is 6.92 Å². The SMILES string of the molecule is Cc1cc(NC(=O)CN2CCN(C(=O)CCc3nc(-c4cccs4)no3)CC2)no1. The third-order valence-corrected chi connectivity index (χ3v) is 5.62. The molecule has 11 heteroatoms.